The summed E-state index contributed by atoms with van der Waals surface area (Å²) in [6.45, 7) is 6.04. The lowest BCUT2D eigenvalue weighted by molar-refractivity contribution is 0.0697. The second kappa shape index (κ2) is 7.57. The maximum absolute atomic E-state index is 12.8. The summed E-state index contributed by atoms with van der Waals surface area (Å²) in [5.74, 6) is -0.842. The molecule has 0 aromatic heterocycles. The Kier molecular flexibility index (Phi) is 5.69. The molecular formula is C18H21NO5S. The Hall–Kier alpha value is -2.54. The number of carboxylic acid groups (broad SMARTS) is 1. The Labute approximate surface area is 147 Å². The van der Waals surface area contributed by atoms with E-state index in [-0.39, 0.29) is 21.9 Å². The largest absolute Gasteiger partial charge is 0.492 e. The number of hydrogen-bond donors (Lipinski definition) is 2. The van der Waals surface area contributed by atoms with Crippen molar-refractivity contribution in [3.8, 4) is 5.75 Å². The van der Waals surface area contributed by atoms with E-state index in [1.807, 2.05) is 20.8 Å². The molecule has 0 saturated carbocycles. The molecule has 0 saturated heterocycles. The summed E-state index contributed by atoms with van der Waals surface area (Å²) in [5.41, 5.74) is 1.93. The summed E-state index contributed by atoms with van der Waals surface area (Å²) in [4.78, 5) is 11.1. The molecular weight excluding hydrogens is 342 g/mol. The first kappa shape index (κ1) is 18.8. The van der Waals surface area contributed by atoms with E-state index in [0.717, 1.165) is 17.5 Å². The van der Waals surface area contributed by atoms with Gasteiger partial charge in [0, 0.05) is 5.69 Å². The van der Waals surface area contributed by atoms with Gasteiger partial charge in [0.15, 0.2) is 0 Å². The van der Waals surface area contributed by atoms with Crippen molar-refractivity contribution in [1.29, 1.82) is 0 Å². The first-order valence-corrected chi connectivity index (χ1v) is 9.33. The lowest BCUT2D eigenvalue weighted by atomic mass is 10.1. The van der Waals surface area contributed by atoms with Crippen LogP contribution in [0.4, 0.5) is 5.69 Å². The third kappa shape index (κ3) is 4.51. The quantitative estimate of drug-likeness (QED) is 0.784. The topological polar surface area (TPSA) is 92.7 Å². The minimum Gasteiger partial charge on any atom is -0.492 e. The Morgan fingerprint density at radius 2 is 1.84 bits per heavy atom. The maximum Gasteiger partial charge on any atom is 0.335 e. The number of aromatic carboxylic acids is 1. The molecule has 6 nitrogen and oxygen atoms in total. The number of aryl methyl sites for hydroxylation is 2. The fourth-order valence-corrected chi connectivity index (χ4v) is 3.49. The molecule has 7 heteroatoms. The van der Waals surface area contributed by atoms with Gasteiger partial charge in [-0.2, -0.15) is 0 Å². The van der Waals surface area contributed by atoms with Crippen LogP contribution in [0.25, 0.3) is 0 Å². The number of sulfonamides is 1. The van der Waals surface area contributed by atoms with E-state index in [1.54, 1.807) is 12.1 Å². The summed E-state index contributed by atoms with van der Waals surface area (Å²) in [6.07, 6.45) is 0.750. The molecule has 0 fully saturated rings. The number of ether oxygens (including phenoxy) is 1. The van der Waals surface area contributed by atoms with Crippen LogP contribution in [0, 0.1) is 13.8 Å². The molecule has 0 aliphatic rings. The summed E-state index contributed by atoms with van der Waals surface area (Å²) in [6, 6.07) is 8.91. The van der Waals surface area contributed by atoms with Gasteiger partial charge >= 0.3 is 5.97 Å². The highest BCUT2D eigenvalue weighted by Crippen LogP contribution is 2.29. The van der Waals surface area contributed by atoms with Gasteiger partial charge in [-0.15, -0.1) is 0 Å². The van der Waals surface area contributed by atoms with E-state index in [1.165, 1.54) is 24.3 Å². The third-order valence-corrected chi connectivity index (χ3v) is 5.08. The molecule has 0 unspecified atom stereocenters. The molecule has 0 heterocycles. The molecule has 0 amide bonds. The van der Waals surface area contributed by atoms with Crippen LogP contribution in [0.2, 0.25) is 0 Å². The molecule has 2 aromatic rings. The van der Waals surface area contributed by atoms with Crippen LogP contribution in [0.1, 0.15) is 34.8 Å². The van der Waals surface area contributed by atoms with Crippen LogP contribution >= 0.6 is 0 Å². The summed E-state index contributed by atoms with van der Waals surface area (Å²) in [7, 11) is -3.92. The van der Waals surface area contributed by atoms with E-state index in [9.17, 15) is 13.2 Å². The Bertz CT molecular complexity index is 890. The van der Waals surface area contributed by atoms with Crippen LogP contribution in [0.5, 0.6) is 5.75 Å². The van der Waals surface area contributed by atoms with E-state index >= 15 is 0 Å². The Morgan fingerprint density at radius 3 is 2.48 bits per heavy atom. The zero-order valence-corrected chi connectivity index (χ0v) is 15.2. The highest BCUT2D eigenvalue weighted by molar-refractivity contribution is 7.92. The fourth-order valence-electron chi connectivity index (χ4n) is 2.22. The van der Waals surface area contributed by atoms with Gasteiger partial charge in [-0.1, -0.05) is 13.0 Å². The second-order valence-electron chi connectivity index (χ2n) is 5.72. The SMILES string of the molecule is CCCOc1cc(C)c(C)cc1S(=O)(=O)Nc1cccc(C(=O)O)c1. The van der Waals surface area contributed by atoms with E-state index in [0.29, 0.717) is 6.61 Å². The number of nitrogens with one attached hydrogen (secondary N) is 1. The van der Waals surface area contributed by atoms with Gasteiger partial charge in [-0.25, -0.2) is 13.2 Å². The van der Waals surface area contributed by atoms with Crippen molar-refractivity contribution in [1.82, 2.24) is 0 Å². The van der Waals surface area contributed by atoms with Gasteiger partial charge in [0.05, 0.1) is 12.2 Å². The number of carbonyl (C=O) groups is 1. The Balaban J connectivity index is 2.43. The van der Waals surface area contributed by atoms with E-state index in [4.69, 9.17) is 9.84 Å². The van der Waals surface area contributed by atoms with Crippen LogP contribution in [0.15, 0.2) is 41.3 Å². The van der Waals surface area contributed by atoms with Crippen molar-refractivity contribution in [3.63, 3.8) is 0 Å². The minimum absolute atomic E-state index is 0.00254. The highest BCUT2D eigenvalue weighted by Gasteiger charge is 2.21. The van der Waals surface area contributed by atoms with Crippen molar-refractivity contribution in [2.75, 3.05) is 11.3 Å². The number of hydrogen-bond acceptors (Lipinski definition) is 4. The monoisotopic (exact) mass is 363 g/mol. The van der Waals surface area contributed by atoms with Crippen molar-refractivity contribution in [2.24, 2.45) is 0 Å². The standard InChI is InChI=1S/C18H21NO5S/c1-4-8-24-16-9-12(2)13(3)10-17(16)25(22,23)19-15-7-5-6-14(11-15)18(20)21/h5-7,9-11,19H,4,8H2,1-3H3,(H,20,21). The van der Waals surface area contributed by atoms with Gasteiger partial charge in [-0.3, -0.25) is 4.72 Å². The van der Waals surface area contributed by atoms with E-state index in [2.05, 4.69) is 4.72 Å². The lowest BCUT2D eigenvalue weighted by Crippen LogP contribution is -2.15. The van der Waals surface area contributed by atoms with Gasteiger partial charge < -0.3 is 9.84 Å². The molecule has 2 N–H and O–H groups in total. The summed E-state index contributed by atoms with van der Waals surface area (Å²) >= 11 is 0. The van der Waals surface area contributed by atoms with Crippen LogP contribution < -0.4 is 9.46 Å². The average molecular weight is 363 g/mol. The molecule has 25 heavy (non-hydrogen) atoms. The van der Waals surface area contributed by atoms with Gasteiger partial charge in [0.25, 0.3) is 10.0 Å². The average Bonchev–Trinajstić information content (AvgIpc) is 2.55. The Morgan fingerprint density at radius 1 is 1.16 bits per heavy atom. The fraction of sp³-hybridized carbons (Fsp3) is 0.278. The summed E-state index contributed by atoms with van der Waals surface area (Å²) in [5, 5.41) is 9.04. The second-order valence-corrected chi connectivity index (χ2v) is 7.37. The first-order valence-electron chi connectivity index (χ1n) is 7.85. The zero-order valence-electron chi connectivity index (χ0n) is 14.4. The number of anilines is 1. The molecule has 0 radical (unpaired) electrons. The van der Waals surface area contributed by atoms with Gasteiger partial charge in [-0.05, 0) is 61.7 Å². The van der Waals surface area contributed by atoms with Crippen molar-refractivity contribution in [2.45, 2.75) is 32.1 Å². The molecule has 2 rings (SSSR count). The lowest BCUT2D eigenvalue weighted by Gasteiger charge is -2.15. The smallest absolute Gasteiger partial charge is 0.335 e. The summed E-state index contributed by atoms with van der Waals surface area (Å²) < 4.78 is 33.6. The predicted octanol–water partition coefficient (Wildman–Crippen LogP) is 3.59. The number of carboxylic acids is 1. The highest BCUT2D eigenvalue weighted by atomic mass is 32.2. The molecule has 134 valence electrons. The van der Waals surface area contributed by atoms with Gasteiger partial charge in [0.2, 0.25) is 0 Å². The van der Waals surface area contributed by atoms with Crippen LogP contribution in [-0.4, -0.2) is 26.1 Å². The number of rotatable bonds is 7. The molecule has 0 atom stereocenters. The molecule has 0 bridgehead atoms. The molecule has 2 aromatic carbocycles. The van der Waals surface area contributed by atoms with E-state index < -0.39 is 16.0 Å². The third-order valence-electron chi connectivity index (χ3n) is 3.67. The first-order chi connectivity index (χ1) is 11.7. The van der Waals surface area contributed by atoms with Crippen molar-refractivity contribution >= 4 is 21.7 Å². The molecule has 0 spiro atoms. The van der Waals surface area contributed by atoms with Crippen LogP contribution in [0.3, 0.4) is 0 Å². The van der Waals surface area contributed by atoms with Crippen molar-refractivity contribution < 1.29 is 23.1 Å². The zero-order chi connectivity index (χ0) is 18.6. The molecule has 0 aliphatic heterocycles. The van der Waals surface area contributed by atoms with Crippen LogP contribution in [-0.2, 0) is 10.0 Å². The molecule has 0 aliphatic carbocycles. The number of benzene rings is 2. The van der Waals surface area contributed by atoms with Crippen molar-refractivity contribution in [3.05, 3.63) is 53.1 Å². The van der Waals surface area contributed by atoms with Gasteiger partial charge in [0.1, 0.15) is 10.6 Å². The normalized spacial score (nSPS) is 11.2. The minimum atomic E-state index is -3.92. The predicted molar refractivity (Wildman–Crippen MR) is 95.9 cm³/mol. The maximum atomic E-state index is 12.8.